The molecule has 1 aromatic rings. The van der Waals surface area contributed by atoms with Gasteiger partial charge in [0, 0.05) is 6.20 Å². The zero-order valence-electron chi connectivity index (χ0n) is 8.54. The normalized spacial score (nSPS) is 24.6. The minimum absolute atomic E-state index is 0.0467. The summed E-state index contributed by atoms with van der Waals surface area (Å²) in [5, 5.41) is 17.5. The first kappa shape index (κ1) is 11.1. The van der Waals surface area contributed by atoms with Gasteiger partial charge in [-0.3, -0.25) is 15.3 Å². The summed E-state index contributed by atoms with van der Waals surface area (Å²) in [5.41, 5.74) is 1.30. The molecule has 1 saturated heterocycles. The number of aliphatic hydroxyl groups excluding tert-OH is 1. The molecule has 0 radical (unpaired) electrons. The number of aliphatic hydroxyl groups is 1. The van der Waals surface area contributed by atoms with E-state index in [1.165, 1.54) is 16.8 Å². The van der Waals surface area contributed by atoms with Crippen LogP contribution < -0.4 is 11.2 Å². The van der Waals surface area contributed by atoms with Crippen LogP contribution in [0.25, 0.3) is 0 Å². The average molecular weight is 227 g/mol. The molecule has 0 aromatic carbocycles. The van der Waals surface area contributed by atoms with Crippen LogP contribution in [0.4, 0.5) is 5.82 Å². The van der Waals surface area contributed by atoms with E-state index in [9.17, 15) is 4.79 Å². The van der Waals surface area contributed by atoms with Crippen LogP contribution in [-0.2, 0) is 4.74 Å². The maximum absolute atomic E-state index is 11.5. The third-order valence-electron chi connectivity index (χ3n) is 2.54. The predicted octanol–water partition coefficient (Wildman–Crippen LogP) is -0.286. The zero-order valence-corrected chi connectivity index (χ0v) is 8.54. The second-order valence-corrected chi connectivity index (χ2v) is 3.59. The van der Waals surface area contributed by atoms with Gasteiger partial charge in [0.1, 0.15) is 6.23 Å². The maximum Gasteiger partial charge on any atom is 0.351 e. The summed E-state index contributed by atoms with van der Waals surface area (Å²) in [6.45, 7) is -0.0467. The van der Waals surface area contributed by atoms with Crippen LogP contribution in [-0.4, -0.2) is 32.6 Å². The average Bonchev–Trinajstić information content (AvgIpc) is 2.77. The largest absolute Gasteiger partial charge is 0.394 e. The van der Waals surface area contributed by atoms with Gasteiger partial charge < -0.3 is 9.84 Å². The Morgan fingerprint density at radius 2 is 2.44 bits per heavy atom. The lowest BCUT2D eigenvalue weighted by molar-refractivity contribution is -0.0245. The number of rotatable bonds is 3. The highest BCUT2D eigenvalue weighted by Crippen LogP contribution is 2.26. The Balaban J connectivity index is 2.19. The van der Waals surface area contributed by atoms with E-state index in [1.54, 1.807) is 5.48 Å². The molecule has 88 valence electrons. The lowest BCUT2D eigenvalue weighted by Crippen LogP contribution is -2.27. The van der Waals surface area contributed by atoms with Crippen molar-refractivity contribution in [1.82, 2.24) is 9.55 Å². The minimum Gasteiger partial charge on any atom is -0.394 e. The van der Waals surface area contributed by atoms with Gasteiger partial charge in [0.15, 0.2) is 5.82 Å². The van der Waals surface area contributed by atoms with Crippen molar-refractivity contribution >= 4 is 5.82 Å². The SMILES string of the molecule is O=c1nc(NO)ccn1[C@@H]1CC[C@H](CO)O1. The molecule has 0 spiro atoms. The predicted molar refractivity (Wildman–Crippen MR) is 54.1 cm³/mol. The van der Waals surface area contributed by atoms with E-state index in [0.29, 0.717) is 12.8 Å². The van der Waals surface area contributed by atoms with Gasteiger partial charge in [0.05, 0.1) is 12.7 Å². The van der Waals surface area contributed by atoms with Crippen molar-refractivity contribution in [3.8, 4) is 0 Å². The number of ether oxygens (including phenoxy) is 1. The number of aromatic nitrogens is 2. The molecular weight excluding hydrogens is 214 g/mol. The molecule has 1 fully saturated rings. The van der Waals surface area contributed by atoms with Crippen LogP contribution in [0.1, 0.15) is 19.1 Å². The highest BCUT2D eigenvalue weighted by atomic mass is 16.5. The molecular formula is C9H13N3O4. The van der Waals surface area contributed by atoms with Gasteiger partial charge in [0.25, 0.3) is 0 Å². The molecule has 2 atom stereocenters. The van der Waals surface area contributed by atoms with Gasteiger partial charge in [-0.05, 0) is 18.9 Å². The molecule has 0 unspecified atom stereocenters. The number of hydrogen-bond acceptors (Lipinski definition) is 6. The number of anilines is 1. The monoisotopic (exact) mass is 227 g/mol. The Morgan fingerprint density at radius 3 is 3.00 bits per heavy atom. The van der Waals surface area contributed by atoms with E-state index in [0.717, 1.165) is 0 Å². The van der Waals surface area contributed by atoms with Crippen molar-refractivity contribution in [3.63, 3.8) is 0 Å². The number of nitrogens with zero attached hydrogens (tertiary/aromatic N) is 2. The Hall–Kier alpha value is -1.44. The van der Waals surface area contributed by atoms with Gasteiger partial charge in [-0.25, -0.2) is 4.79 Å². The van der Waals surface area contributed by atoms with Crippen LogP contribution in [0.5, 0.6) is 0 Å². The molecule has 0 aliphatic carbocycles. The Kier molecular flexibility index (Phi) is 3.18. The van der Waals surface area contributed by atoms with E-state index in [2.05, 4.69) is 4.98 Å². The molecule has 2 rings (SSSR count). The molecule has 7 nitrogen and oxygen atoms in total. The van der Waals surface area contributed by atoms with Crippen molar-refractivity contribution in [3.05, 3.63) is 22.7 Å². The van der Waals surface area contributed by atoms with E-state index >= 15 is 0 Å². The smallest absolute Gasteiger partial charge is 0.351 e. The lowest BCUT2D eigenvalue weighted by atomic mass is 10.2. The highest BCUT2D eigenvalue weighted by Gasteiger charge is 2.26. The van der Waals surface area contributed by atoms with Crippen molar-refractivity contribution in [2.45, 2.75) is 25.2 Å². The number of nitrogens with one attached hydrogen (secondary N) is 1. The zero-order chi connectivity index (χ0) is 11.5. The summed E-state index contributed by atoms with van der Waals surface area (Å²) in [6.07, 6.45) is 2.28. The lowest BCUT2D eigenvalue weighted by Gasteiger charge is -2.14. The van der Waals surface area contributed by atoms with E-state index in [4.69, 9.17) is 15.1 Å². The summed E-state index contributed by atoms with van der Waals surface area (Å²) < 4.78 is 6.78. The first-order chi connectivity index (χ1) is 7.74. The quantitative estimate of drug-likeness (QED) is 0.614. The van der Waals surface area contributed by atoms with Crippen molar-refractivity contribution in [2.24, 2.45) is 0 Å². The summed E-state index contributed by atoms with van der Waals surface area (Å²) in [6, 6.07) is 1.47. The molecule has 2 heterocycles. The van der Waals surface area contributed by atoms with Gasteiger partial charge in [-0.15, -0.1) is 0 Å². The Bertz CT molecular complexity index is 419. The molecule has 1 aliphatic rings. The molecule has 0 saturated carbocycles. The fraction of sp³-hybridized carbons (Fsp3) is 0.556. The van der Waals surface area contributed by atoms with Gasteiger partial charge in [-0.1, -0.05) is 0 Å². The maximum atomic E-state index is 11.5. The van der Waals surface area contributed by atoms with Crippen molar-refractivity contribution in [1.29, 1.82) is 0 Å². The summed E-state index contributed by atoms with van der Waals surface area (Å²) >= 11 is 0. The van der Waals surface area contributed by atoms with Crippen LogP contribution in [0, 0.1) is 0 Å². The third kappa shape index (κ3) is 2.06. The van der Waals surface area contributed by atoms with E-state index < -0.39 is 5.69 Å². The van der Waals surface area contributed by atoms with Crippen molar-refractivity contribution in [2.75, 3.05) is 12.1 Å². The second-order valence-electron chi connectivity index (χ2n) is 3.59. The molecule has 0 amide bonds. The Labute approximate surface area is 91.3 Å². The highest BCUT2D eigenvalue weighted by molar-refractivity contribution is 5.27. The first-order valence-electron chi connectivity index (χ1n) is 5.00. The summed E-state index contributed by atoms with van der Waals surface area (Å²) in [7, 11) is 0. The summed E-state index contributed by atoms with van der Waals surface area (Å²) in [5.74, 6) is 0.0953. The summed E-state index contributed by atoms with van der Waals surface area (Å²) in [4.78, 5) is 15.1. The van der Waals surface area contributed by atoms with E-state index in [-0.39, 0.29) is 24.8 Å². The molecule has 1 aliphatic heterocycles. The first-order valence-corrected chi connectivity index (χ1v) is 5.00. The van der Waals surface area contributed by atoms with Gasteiger partial charge in [-0.2, -0.15) is 4.98 Å². The molecule has 7 heteroatoms. The fourth-order valence-electron chi connectivity index (χ4n) is 1.72. The third-order valence-corrected chi connectivity index (χ3v) is 2.54. The second kappa shape index (κ2) is 4.60. The molecule has 0 bridgehead atoms. The van der Waals surface area contributed by atoms with Gasteiger partial charge >= 0.3 is 5.69 Å². The van der Waals surface area contributed by atoms with Crippen LogP contribution in [0.3, 0.4) is 0 Å². The van der Waals surface area contributed by atoms with Crippen LogP contribution in [0.2, 0.25) is 0 Å². The molecule has 1 aromatic heterocycles. The fourth-order valence-corrected chi connectivity index (χ4v) is 1.72. The Morgan fingerprint density at radius 1 is 1.62 bits per heavy atom. The minimum atomic E-state index is -0.498. The van der Waals surface area contributed by atoms with Crippen molar-refractivity contribution < 1.29 is 15.1 Å². The molecule has 16 heavy (non-hydrogen) atoms. The van der Waals surface area contributed by atoms with E-state index in [1.807, 2.05) is 0 Å². The topological polar surface area (TPSA) is 96.6 Å². The standard InChI is InChI=1S/C9H13N3O4/c13-5-6-1-2-8(16-6)12-4-3-7(11-15)10-9(12)14/h3-4,6,8,13,15H,1-2,5H2,(H,10,11,14)/t6-,8+/m1/s1. The molecule has 3 N–H and O–H groups in total. The number of hydrogen-bond donors (Lipinski definition) is 3. The van der Waals surface area contributed by atoms with Crippen LogP contribution in [0.15, 0.2) is 17.1 Å². The van der Waals surface area contributed by atoms with Gasteiger partial charge in [0.2, 0.25) is 0 Å². The van der Waals surface area contributed by atoms with Crippen LogP contribution >= 0.6 is 0 Å².